The molecule has 2 aliphatic carbocycles. The molecule has 4 nitrogen and oxygen atoms in total. The Kier molecular flexibility index (Phi) is 3.15. The van der Waals surface area contributed by atoms with Gasteiger partial charge in [0.2, 0.25) is 5.91 Å². The van der Waals surface area contributed by atoms with Crippen molar-refractivity contribution in [2.75, 3.05) is 0 Å². The number of hydrogen-bond donors (Lipinski definition) is 2. The summed E-state index contributed by atoms with van der Waals surface area (Å²) in [5, 5.41) is 12.1. The zero-order valence-electron chi connectivity index (χ0n) is 10.5. The highest BCUT2D eigenvalue weighted by Crippen LogP contribution is 2.42. The molecule has 4 heteroatoms. The summed E-state index contributed by atoms with van der Waals surface area (Å²) in [7, 11) is 0. The minimum Gasteiger partial charge on any atom is -0.480 e. The van der Waals surface area contributed by atoms with Gasteiger partial charge in [0.25, 0.3) is 0 Å². The maximum absolute atomic E-state index is 12.1. The molecule has 0 spiro atoms. The van der Waals surface area contributed by atoms with E-state index in [1.54, 1.807) is 0 Å². The average Bonchev–Trinajstić information content (AvgIpc) is 2.47. The van der Waals surface area contributed by atoms with Gasteiger partial charge in [0.15, 0.2) is 0 Å². The smallest absolute Gasteiger partial charge is 0.319 e. The van der Waals surface area contributed by atoms with Crippen molar-refractivity contribution in [2.45, 2.75) is 52.0 Å². The fraction of sp³-hybridized carbons (Fsp3) is 0.846. The molecule has 1 amide bonds. The van der Waals surface area contributed by atoms with Crippen LogP contribution in [0.1, 0.15) is 46.0 Å². The topological polar surface area (TPSA) is 66.4 Å². The van der Waals surface area contributed by atoms with Crippen LogP contribution in [0.3, 0.4) is 0 Å². The fourth-order valence-electron chi connectivity index (χ4n) is 2.94. The quantitative estimate of drug-likeness (QED) is 0.738. The van der Waals surface area contributed by atoms with Gasteiger partial charge in [0.1, 0.15) is 5.41 Å². The van der Waals surface area contributed by atoms with Gasteiger partial charge in [-0.15, -0.1) is 0 Å². The molecule has 96 valence electrons. The number of aliphatic carboxylic acids is 1. The largest absolute Gasteiger partial charge is 0.480 e. The number of rotatable bonds is 3. The molecule has 3 atom stereocenters. The molecule has 0 aromatic heterocycles. The first-order valence-corrected chi connectivity index (χ1v) is 6.52. The zero-order valence-corrected chi connectivity index (χ0v) is 10.5. The maximum atomic E-state index is 12.1. The van der Waals surface area contributed by atoms with E-state index in [-0.39, 0.29) is 11.9 Å². The number of nitrogens with one attached hydrogen (secondary N) is 1. The van der Waals surface area contributed by atoms with Crippen LogP contribution in [0.4, 0.5) is 0 Å². The van der Waals surface area contributed by atoms with Gasteiger partial charge >= 0.3 is 5.97 Å². The number of carboxylic acid groups (broad SMARTS) is 1. The summed E-state index contributed by atoms with van der Waals surface area (Å²) in [5.41, 5.74) is -1.12. The number of hydrogen-bond acceptors (Lipinski definition) is 2. The fourth-order valence-corrected chi connectivity index (χ4v) is 2.94. The predicted octanol–water partition coefficient (Wildman–Crippen LogP) is 1.79. The van der Waals surface area contributed by atoms with E-state index in [1.165, 1.54) is 0 Å². The molecule has 0 aromatic rings. The third-order valence-corrected chi connectivity index (χ3v) is 4.83. The lowest BCUT2D eigenvalue weighted by Gasteiger charge is -2.37. The van der Waals surface area contributed by atoms with Crippen LogP contribution in [0.25, 0.3) is 0 Å². The highest BCUT2D eigenvalue weighted by Gasteiger charge is 2.52. The standard InChI is InChI=1S/C13H21NO3/c1-8-4-5-10(9(8)2)14-11(15)13(12(16)17)6-3-7-13/h8-10H,3-7H2,1-2H3,(H,14,15)(H,16,17). The molecule has 0 radical (unpaired) electrons. The molecule has 2 aliphatic rings. The van der Waals surface area contributed by atoms with E-state index in [9.17, 15) is 14.7 Å². The maximum Gasteiger partial charge on any atom is 0.319 e. The molecule has 0 aromatic carbocycles. The van der Waals surface area contributed by atoms with E-state index in [1.807, 2.05) is 0 Å². The summed E-state index contributed by atoms with van der Waals surface area (Å²) in [5.74, 6) is -0.158. The Morgan fingerprint density at radius 2 is 1.88 bits per heavy atom. The van der Waals surface area contributed by atoms with E-state index in [4.69, 9.17) is 0 Å². The van der Waals surface area contributed by atoms with Gasteiger partial charge in [-0.3, -0.25) is 9.59 Å². The average molecular weight is 239 g/mol. The Morgan fingerprint density at radius 1 is 1.24 bits per heavy atom. The molecule has 2 rings (SSSR count). The highest BCUT2D eigenvalue weighted by atomic mass is 16.4. The number of carbonyl (C=O) groups excluding carboxylic acids is 1. The van der Waals surface area contributed by atoms with Gasteiger partial charge < -0.3 is 10.4 Å². The van der Waals surface area contributed by atoms with Crippen molar-refractivity contribution in [3.05, 3.63) is 0 Å². The van der Waals surface area contributed by atoms with Crippen molar-refractivity contribution in [3.63, 3.8) is 0 Å². The third kappa shape index (κ3) is 1.94. The van der Waals surface area contributed by atoms with Crippen LogP contribution < -0.4 is 5.32 Å². The van der Waals surface area contributed by atoms with Crippen LogP contribution in [-0.4, -0.2) is 23.0 Å². The normalized spacial score (nSPS) is 35.1. The lowest BCUT2D eigenvalue weighted by molar-refractivity contribution is -0.162. The second kappa shape index (κ2) is 4.31. The van der Waals surface area contributed by atoms with Crippen LogP contribution in [0, 0.1) is 17.3 Å². The Morgan fingerprint density at radius 3 is 2.24 bits per heavy atom. The van der Waals surface area contributed by atoms with Gasteiger partial charge in [-0.25, -0.2) is 0 Å². The lowest BCUT2D eigenvalue weighted by Crippen LogP contribution is -2.54. The molecule has 2 fully saturated rings. The SMILES string of the molecule is CC1CCC(NC(=O)C2(C(=O)O)CCC2)C1C. The second-order valence-corrected chi connectivity index (χ2v) is 5.73. The van der Waals surface area contributed by atoms with E-state index in [0.29, 0.717) is 24.7 Å². The molecule has 3 unspecified atom stereocenters. The van der Waals surface area contributed by atoms with Crippen LogP contribution in [0.5, 0.6) is 0 Å². The summed E-state index contributed by atoms with van der Waals surface area (Å²) in [6.45, 7) is 4.32. The Hall–Kier alpha value is -1.06. The predicted molar refractivity (Wildman–Crippen MR) is 63.4 cm³/mol. The van der Waals surface area contributed by atoms with Crippen molar-refractivity contribution in [2.24, 2.45) is 17.3 Å². The molecular formula is C13H21NO3. The summed E-state index contributed by atoms with van der Waals surface area (Å²) in [4.78, 5) is 23.3. The monoisotopic (exact) mass is 239 g/mol. The summed E-state index contributed by atoms with van der Waals surface area (Å²) < 4.78 is 0. The number of carboxylic acids is 1. The van der Waals surface area contributed by atoms with Crippen LogP contribution in [0.15, 0.2) is 0 Å². The zero-order chi connectivity index (χ0) is 12.6. The minimum atomic E-state index is -1.12. The molecule has 0 saturated heterocycles. The molecule has 17 heavy (non-hydrogen) atoms. The van der Waals surface area contributed by atoms with Gasteiger partial charge in [-0.05, 0) is 37.5 Å². The summed E-state index contributed by atoms with van der Waals surface area (Å²) in [6, 6.07) is 0.161. The third-order valence-electron chi connectivity index (χ3n) is 4.83. The lowest BCUT2D eigenvalue weighted by atomic mass is 9.68. The molecule has 0 bridgehead atoms. The first-order chi connectivity index (χ1) is 7.97. The molecule has 0 aliphatic heterocycles. The number of carbonyl (C=O) groups is 2. The first kappa shape index (κ1) is 12.4. The van der Waals surface area contributed by atoms with Crippen molar-refractivity contribution >= 4 is 11.9 Å². The van der Waals surface area contributed by atoms with E-state index >= 15 is 0 Å². The van der Waals surface area contributed by atoms with E-state index in [0.717, 1.165) is 19.3 Å². The Bertz CT molecular complexity index is 336. The van der Waals surface area contributed by atoms with E-state index < -0.39 is 11.4 Å². The van der Waals surface area contributed by atoms with Crippen molar-refractivity contribution in [1.29, 1.82) is 0 Å². The molecule has 0 heterocycles. The second-order valence-electron chi connectivity index (χ2n) is 5.73. The van der Waals surface area contributed by atoms with Crippen LogP contribution in [-0.2, 0) is 9.59 Å². The molecule has 2 saturated carbocycles. The summed E-state index contributed by atoms with van der Waals surface area (Å²) >= 11 is 0. The Labute approximate surface area is 102 Å². The van der Waals surface area contributed by atoms with Crippen LogP contribution in [0.2, 0.25) is 0 Å². The molecular weight excluding hydrogens is 218 g/mol. The number of amides is 1. The minimum absolute atomic E-state index is 0.161. The van der Waals surface area contributed by atoms with E-state index in [2.05, 4.69) is 19.2 Å². The Balaban J connectivity index is 2.00. The van der Waals surface area contributed by atoms with Gasteiger partial charge in [-0.2, -0.15) is 0 Å². The van der Waals surface area contributed by atoms with Gasteiger partial charge in [0.05, 0.1) is 0 Å². The van der Waals surface area contributed by atoms with Crippen molar-refractivity contribution < 1.29 is 14.7 Å². The van der Waals surface area contributed by atoms with Crippen molar-refractivity contribution in [1.82, 2.24) is 5.32 Å². The van der Waals surface area contributed by atoms with Gasteiger partial charge in [-0.1, -0.05) is 20.3 Å². The highest BCUT2D eigenvalue weighted by molar-refractivity contribution is 6.02. The van der Waals surface area contributed by atoms with Gasteiger partial charge in [0, 0.05) is 6.04 Å². The van der Waals surface area contributed by atoms with Crippen LogP contribution >= 0.6 is 0 Å². The van der Waals surface area contributed by atoms with Crippen molar-refractivity contribution in [3.8, 4) is 0 Å². The summed E-state index contributed by atoms with van der Waals surface area (Å²) in [6.07, 6.45) is 3.92. The molecule has 2 N–H and O–H groups in total. The first-order valence-electron chi connectivity index (χ1n) is 6.52.